The van der Waals surface area contributed by atoms with Gasteiger partial charge in [0, 0.05) is 63.8 Å². The molecule has 0 N–H and O–H groups in total. The van der Waals surface area contributed by atoms with Gasteiger partial charge in [0.05, 0.1) is 5.92 Å². The molecule has 0 radical (unpaired) electrons. The molecule has 4 heterocycles. The minimum Gasteiger partial charge on any atom is -0.354 e. The summed E-state index contributed by atoms with van der Waals surface area (Å²) < 4.78 is 1.95. The topological polar surface area (TPSA) is 70.4 Å². The van der Waals surface area contributed by atoms with E-state index in [0.29, 0.717) is 6.54 Å². The second kappa shape index (κ2) is 12.3. The van der Waals surface area contributed by atoms with Crippen molar-refractivity contribution in [3.8, 4) is 17.2 Å². The summed E-state index contributed by atoms with van der Waals surface area (Å²) in [6.45, 7) is 5.89. The van der Waals surface area contributed by atoms with Crippen LogP contribution in [0, 0.1) is 5.92 Å². The second-order valence-electron chi connectivity index (χ2n) is 10.5. The molecule has 0 bridgehead atoms. The monoisotopic (exact) mass is 533 g/mol. The number of piperidine rings is 1. The Morgan fingerprint density at radius 2 is 1.57 bits per heavy atom. The highest BCUT2D eigenvalue weighted by molar-refractivity contribution is 5.80. The molecule has 8 nitrogen and oxygen atoms in total. The summed E-state index contributed by atoms with van der Waals surface area (Å²) in [5.74, 6) is 2.65. The van der Waals surface area contributed by atoms with Gasteiger partial charge >= 0.3 is 0 Å². The molecule has 1 unspecified atom stereocenters. The van der Waals surface area contributed by atoms with Gasteiger partial charge in [-0.25, -0.2) is 4.98 Å². The van der Waals surface area contributed by atoms with Crippen LogP contribution in [0.2, 0.25) is 0 Å². The van der Waals surface area contributed by atoms with Crippen LogP contribution in [0.15, 0.2) is 91.3 Å². The zero-order valence-electron chi connectivity index (χ0n) is 22.7. The van der Waals surface area contributed by atoms with Gasteiger partial charge < -0.3 is 9.80 Å². The Kier molecular flexibility index (Phi) is 7.95. The molecule has 1 atom stereocenters. The number of carbonyl (C=O) groups is 1. The lowest BCUT2D eigenvalue weighted by Crippen LogP contribution is -2.52. The van der Waals surface area contributed by atoms with Gasteiger partial charge in [-0.3, -0.25) is 14.3 Å². The van der Waals surface area contributed by atoms with Crippen molar-refractivity contribution in [2.75, 3.05) is 50.7 Å². The van der Waals surface area contributed by atoms with Crippen LogP contribution in [-0.4, -0.2) is 81.3 Å². The summed E-state index contributed by atoms with van der Waals surface area (Å²) >= 11 is 0. The molecule has 8 heteroatoms. The normalized spacial score (nSPS) is 18.4. The largest absolute Gasteiger partial charge is 0.354 e. The Bertz CT molecular complexity index is 1410. The fourth-order valence-corrected chi connectivity index (χ4v) is 5.60. The number of rotatable bonds is 7. The van der Waals surface area contributed by atoms with Crippen molar-refractivity contribution in [2.45, 2.75) is 12.8 Å². The molecule has 2 aliphatic rings. The van der Waals surface area contributed by atoms with E-state index in [1.807, 2.05) is 59.3 Å². The van der Waals surface area contributed by atoms with E-state index in [9.17, 15) is 4.79 Å². The SMILES string of the molecule is O=C(C1CCCN(c2ccc(-n3ccnc3-c3ccccc3)nn2)C1)N1CCN(C/C=C/c2ccccc2)CC1. The third kappa shape index (κ3) is 5.97. The van der Waals surface area contributed by atoms with E-state index >= 15 is 0 Å². The number of piperazine rings is 1. The number of imidazole rings is 1. The molecule has 0 saturated carbocycles. The van der Waals surface area contributed by atoms with Gasteiger partial charge in [0.1, 0.15) is 5.82 Å². The molecule has 2 aromatic heterocycles. The average Bonchev–Trinajstić information content (AvgIpc) is 3.52. The number of benzene rings is 2. The van der Waals surface area contributed by atoms with Gasteiger partial charge in [-0.15, -0.1) is 10.2 Å². The van der Waals surface area contributed by atoms with Crippen LogP contribution in [0.4, 0.5) is 5.82 Å². The molecule has 2 aromatic carbocycles. The molecule has 2 aliphatic heterocycles. The third-order valence-corrected chi connectivity index (χ3v) is 7.81. The van der Waals surface area contributed by atoms with Gasteiger partial charge in [0.25, 0.3) is 0 Å². The van der Waals surface area contributed by atoms with Crippen molar-refractivity contribution < 1.29 is 4.79 Å². The molecule has 1 amide bonds. The quantitative estimate of drug-likeness (QED) is 0.351. The standard InChI is InChI=1S/C32H35N7O/c40-32(37-23-21-36(22-24-37)18-7-11-26-9-3-1-4-10-26)28-14-8-19-38(25-28)29-15-16-30(35-34-29)39-20-17-33-31(39)27-12-5-2-6-13-27/h1-7,9-13,15-17,20,28H,8,14,18-19,21-25H2/b11-7+. The van der Waals surface area contributed by atoms with Crippen molar-refractivity contribution in [3.05, 3.63) is 96.8 Å². The van der Waals surface area contributed by atoms with E-state index < -0.39 is 0 Å². The van der Waals surface area contributed by atoms with E-state index in [1.54, 1.807) is 6.20 Å². The molecule has 6 rings (SSSR count). The minimum atomic E-state index is -0.00177. The Morgan fingerprint density at radius 1 is 0.850 bits per heavy atom. The summed E-state index contributed by atoms with van der Waals surface area (Å²) in [4.78, 5) is 24.6. The number of nitrogens with zero attached hydrogens (tertiary/aromatic N) is 7. The lowest BCUT2D eigenvalue weighted by Gasteiger charge is -2.39. The highest BCUT2D eigenvalue weighted by atomic mass is 16.2. The fraction of sp³-hybridized carbons (Fsp3) is 0.312. The molecule has 40 heavy (non-hydrogen) atoms. The van der Waals surface area contributed by atoms with Crippen LogP contribution in [-0.2, 0) is 4.79 Å². The molecule has 2 fully saturated rings. The molecule has 204 valence electrons. The summed E-state index contributed by atoms with van der Waals surface area (Å²) in [5, 5.41) is 9.07. The van der Waals surface area contributed by atoms with Gasteiger partial charge in [-0.05, 0) is 30.5 Å². The lowest BCUT2D eigenvalue weighted by atomic mass is 9.96. The zero-order chi connectivity index (χ0) is 27.1. The Hall–Kier alpha value is -4.30. The average molecular weight is 534 g/mol. The smallest absolute Gasteiger partial charge is 0.227 e. The van der Waals surface area contributed by atoms with E-state index in [-0.39, 0.29) is 11.8 Å². The van der Waals surface area contributed by atoms with Crippen LogP contribution >= 0.6 is 0 Å². The van der Waals surface area contributed by atoms with Gasteiger partial charge in [-0.1, -0.05) is 72.8 Å². The van der Waals surface area contributed by atoms with Crippen molar-refractivity contribution >= 4 is 17.8 Å². The van der Waals surface area contributed by atoms with Crippen LogP contribution < -0.4 is 4.90 Å². The number of hydrogen-bond acceptors (Lipinski definition) is 6. The summed E-state index contributed by atoms with van der Waals surface area (Å²) in [5.41, 5.74) is 2.25. The number of aromatic nitrogens is 4. The number of carbonyl (C=O) groups excluding carboxylic acids is 1. The predicted octanol–water partition coefficient (Wildman–Crippen LogP) is 4.40. The van der Waals surface area contributed by atoms with E-state index in [0.717, 1.165) is 75.1 Å². The molecule has 2 saturated heterocycles. The van der Waals surface area contributed by atoms with Gasteiger partial charge in [0.15, 0.2) is 11.6 Å². The Morgan fingerprint density at radius 3 is 2.33 bits per heavy atom. The summed E-state index contributed by atoms with van der Waals surface area (Å²) in [7, 11) is 0. The number of amides is 1. The third-order valence-electron chi connectivity index (χ3n) is 7.81. The highest BCUT2D eigenvalue weighted by Gasteiger charge is 2.31. The Balaban J connectivity index is 1.03. The van der Waals surface area contributed by atoms with Crippen LogP contribution in [0.1, 0.15) is 18.4 Å². The van der Waals surface area contributed by atoms with Crippen LogP contribution in [0.3, 0.4) is 0 Å². The van der Waals surface area contributed by atoms with Gasteiger partial charge in [-0.2, -0.15) is 0 Å². The number of hydrogen-bond donors (Lipinski definition) is 0. The molecule has 4 aromatic rings. The van der Waals surface area contributed by atoms with Crippen molar-refractivity contribution in [3.63, 3.8) is 0 Å². The van der Waals surface area contributed by atoms with E-state index in [4.69, 9.17) is 0 Å². The van der Waals surface area contributed by atoms with E-state index in [2.05, 4.69) is 66.3 Å². The highest BCUT2D eigenvalue weighted by Crippen LogP contribution is 2.25. The first kappa shape index (κ1) is 26.0. The van der Waals surface area contributed by atoms with E-state index in [1.165, 1.54) is 5.56 Å². The van der Waals surface area contributed by atoms with Crippen LogP contribution in [0.5, 0.6) is 0 Å². The first-order chi connectivity index (χ1) is 19.7. The first-order valence-corrected chi connectivity index (χ1v) is 14.2. The minimum absolute atomic E-state index is 0.00177. The van der Waals surface area contributed by atoms with Gasteiger partial charge in [0.2, 0.25) is 5.91 Å². The maximum absolute atomic E-state index is 13.4. The second-order valence-corrected chi connectivity index (χ2v) is 10.5. The summed E-state index contributed by atoms with van der Waals surface area (Å²) in [6.07, 6.45) is 9.97. The Labute approximate surface area is 235 Å². The van der Waals surface area contributed by atoms with Crippen molar-refractivity contribution in [2.24, 2.45) is 5.92 Å². The molecule has 0 aliphatic carbocycles. The zero-order valence-corrected chi connectivity index (χ0v) is 22.7. The van der Waals surface area contributed by atoms with Crippen molar-refractivity contribution in [1.29, 1.82) is 0 Å². The molecule has 0 spiro atoms. The lowest BCUT2D eigenvalue weighted by molar-refractivity contribution is -0.137. The summed E-state index contributed by atoms with van der Waals surface area (Å²) in [6, 6.07) is 24.4. The maximum atomic E-state index is 13.4. The first-order valence-electron chi connectivity index (χ1n) is 14.2. The van der Waals surface area contributed by atoms with Crippen molar-refractivity contribution in [1.82, 2.24) is 29.5 Å². The fourth-order valence-electron chi connectivity index (χ4n) is 5.60. The molecular weight excluding hydrogens is 498 g/mol. The number of anilines is 1. The van der Waals surface area contributed by atoms with Crippen LogP contribution in [0.25, 0.3) is 23.3 Å². The predicted molar refractivity (Wildman–Crippen MR) is 158 cm³/mol. The molecular formula is C32H35N7O. The maximum Gasteiger partial charge on any atom is 0.227 e.